The number of carbonyl (C=O) groups excluding carboxylic acids is 2. The van der Waals surface area contributed by atoms with E-state index < -0.39 is 6.10 Å². The van der Waals surface area contributed by atoms with Crippen molar-refractivity contribution >= 4 is 11.8 Å². The van der Waals surface area contributed by atoms with Crippen LogP contribution in [0.2, 0.25) is 0 Å². The molecule has 0 radical (unpaired) electrons. The van der Waals surface area contributed by atoms with Crippen LogP contribution in [0.25, 0.3) is 0 Å². The van der Waals surface area contributed by atoms with Gasteiger partial charge in [0.1, 0.15) is 12.7 Å². The standard InChI is InChI=1S/C18H22N2O5/c21-17(15-6-3-11-23-15)19-7-9-20(10-8-19)18(22)16-12-24-13-4-1-2-5-14(13)25-16/h1-2,4-5,15-16H,3,6-12H2/t15-,16-/m0/s1. The summed E-state index contributed by atoms with van der Waals surface area (Å²) in [5.74, 6) is 1.23. The third kappa shape index (κ3) is 3.28. The van der Waals surface area contributed by atoms with Gasteiger partial charge in [-0.25, -0.2) is 0 Å². The maximum Gasteiger partial charge on any atom is 0.267 e. The molecule has 2 amide bonds. The van der Waals surface area contributed by atoms with Gasteiger partial charge in [-0.05, 0) is 25.0 Å². The maximum atomic E-state index is 12.7. The predicted octanol–water partition coefficient (Wildman–Crippen LogP) is 0.676. The van der Waals surface area contributed by atoms with E-state index in [4.69, 9.17) is 14.2 Å². The average Bonchev–Trinajstić information content (AvgIpc) is 3.21. The van der Waals surface area contributed by atoms with E-state index in [1.54, 1.807) is 15.9 Å². The molecule has 0 aliphatic carbocycles. The number of piperazine rings is 1. The Kier molecular flexibility index (Phi) is 4.48. The molecule has 25 heavy (non-hydrogen) atoms. The van der Waals surface area contributed by atoms with E-state index in [-0.39, 0.29) is 24.5 Å². The fourth-order valence-electron chi connectivity index (χ4n) is 3.47. The summed E-state index contributed by atoms with van der Waals surface area (Å²) in [6.07, 6.45) is 0.809. The first-order valence-electron chi connectivity index (χ1n) is 8.80. The van der Waals surface area contributed by atoms with Crippen LogP contribution in [0.15, 0.2) is 24.3 Å². The zero-order valence-electron chi connectivity index (χ0n) is 14.1. The molecule has 2 atom stereocenters. The maximum absolute atomic E-state index is 12.7. The minimum Gasteiger partial charge on any atom is -0.485 e. The average molecular weight is 346 g/mol. The van der Waals surface area contributed by atoms with Gasteiger partial charge in [0.15, 0.2) is 11.5 Å². The molecule has 134 valence electrons. The fraction of sp³-hybridized carbons (Fsp3) is 0.556. The van der Waals surface area contributed by atoms with Gasteiger partial charge in [-0.3, -0.25) is 9.59 Å². The second-order valence-electron chi connectivity index (χ2n) is 6.52. The number of carbonyl (C=O) groups is 2. The summed E-state index contributed by atoms with van der Waals surface area (Å²) >= 11 is 0. The van der Waals surface area contributed by atoms with E-state index in [9.17, 15) is 9.59 Å². The number of nitrogens with zero attached hydrogens (tertiary/aromatic N) is 2. The van der Waals surface area contributed by atoms with Crippen molar-refractivity contribution in [2.24, 2.45) is 0 Å². The summed E-state index contributed by atoms with van der Waals surface area (Å²) in [5.41, 5.74) is 0. The molecule has 1 aromatic carbocycles. The lowest BCUT2D eigenvalue weighted by Gasteiger charge is -2.37. The minimum atomic E-state index is -0.629. The number of hydrogen-bond donors (Lipinski definition) is 0. The van der Waals surface area contributed by atoms with Gasteiger partial charge in [0, 0.05) is 32.8 Å². The molecule has 0 unspecified atom stereocenters. The number of amides is 2. The Morgan fingerprint density at radius 3 is 2.20 bits per heavy atom. The van der Waals surface area contributed by atoms with Gasteiger partial charge in [0.05, 0.1) is 0 Å². The van der Waals surface area contributed by atoms with Crippen molar-refractivity contribution in [3.8, 4) is 11.5 Å². The van der Waals surface area contributed by atoms with Crippen LogP contribution in [0.4, 0.5) is 0 Å². The molecule has 2 saturated heterocycles. The van der Waals surface area contributed by atoms with Gasteiger partial charge in [-0.1, -0.05) is 12.1 Å². The number of benzene rings is 1. The van der Waals surface area contributed by atoms with Gasteiger partial charge in [0.2, 0.25) is 6.10 Å². The van der Waals surface area contributed by atoms with Crippen LogP contribution in [0.5, 0.6) is 11.5 Å². The van der Waals surface area contributed by atoms with Crippen molar-refractivity contribution in [1.29, 1.82) is 0 Å². The summed E-state index contributed by atoms with van der Waals surface area (Å²) < 4.78 is 16.9. The summed E-state index contributed by atoms with van der Waals surface area (Å²) in [5, 5.41) is 0. The molecule has 3 heterocycles. The van der Waals surface area contributed by atoms with E-state index in [1.807, 2.05) is 18.2 Å². The van der Waals surface area contributed by atoms with Crippen molar-refractivity contribution in [3.05, 3.63) is 24.3 Å². The zero-order chi connectivity index (χ0) is 17.2. The van der Waals surface area contributed by atoms with Crippen molar-refractivity contribution in [3.63, 3.8) is 0 Å². The Morgan fingerprint density at radius 1 is 0.920 bits per heavy atom. The number of ether oxygens (including phenoxy) is 3. The number of fused-ring (bicyclic) bond motifs is 1. The highest BCUT2D eigenvalue weighted by molar-refractivity contribution is 5.83. The molecule has 3 aliphatic rings. The van der Waals surface area contributed by atoms with Crippen LogP contribution >= 0.6 is 0 Å². The molecule has 7 heteroatoms. The first kappa shape index (κ1) is 16.2. The molecular formula is C18H22N2O5. The molecular weight excluding hydrogens is 324 g/mol. The second-order valence-corrected chi connectivity index (χ2v) is 6.52. The Labute approximate surface area is 146 Å². The van der Waals surface area contributed by atoms with Gasteiger partial charge in [0.25, 0.3) is 11.8 Å². The first-order valence-corrected chi connectivity index (χ1v) is 8.80. The lowest BCUT2D eigenvalue weighted by atomic mass is 10.2. The van der Waals surface area contributed by atoms with Crippen LogP contribution in [-0.4, -0.2) is 73.2 Å². The number of rotatable bonds is 2. The van der Waals surface area contributed by atoms with E-state index in [2.05, 4.69) is 0 Å². The lowest BCUT2D eigenvalue weighted by Crippen LogP contribution is -2.56. The fourth-order valence-corrected chi connectivity index (χ4v) is 3.47. The minimum absolute atomic E-state index is 0.0516. The molecule has 0 spiro atoms. The number of hydrogen-bond acceptors (Lipinski definition) is 5. The quantitative estimate of drug-likeness (QED) is 0.788. The Morgan fingerprint density at radius 2 is 1.56 bits per heavy atom. The molecule has 0 aromatic heterocycles. The first-order chi connectivity index (χ1) is 12.2. The molecule has 1 aromatic rings. The highest BCUT2D eigenvalue weighted by Crippen LogP contribution is 2.31. The highest BCUT2D eigenvalue weighted by atomic mass is 16.6. The van der Waals surface area contributed by atoms with E-state index in [1.165, 1.54) is 0 Å². The van der Waals surface area contributed by atoms with Crippen molar-refractivity contribution in [2.45, 2.75) is 25.0 Å². The zero-order valence-corrected chi connectivity index (χ0v) is 14.1. The second kappa shape index (κ2) is 6.92. The topological polar surface area (TPSA) is 68.3 Å². The molecule has 4 rings (SSSR count). The summed E-state index contributed by atoms with van der Waals surface area (Å²) in [6.45, 7) is 2.97. The molecule has 0 N–H and O–H groups in total. The largest absolute Gasteiger partial charge is 0.485 e. The SMILES string of the molecule is O=C([C@@H]1CCCO1)N1CCN(C(=O)[C@@H]2COc3ccccc3O2)CC1. The van der Waals surface area contributed by atoms with E-state index in [0.29, 0.717) is 44.3 Å². The lowest BCUT2D eigenvalue weighted by molar-refractivity contribution is -0.149. The molecule has 0 bridgehead atoms. The third-order valence-corrected chi connectivity index (χ3v) is 4.89. The third-order valence-electron chi connectivity index (χ3n) is 4.89. The summed E-state index contributed by atoms with van der Waals surface area (Å²) in [7, 11) is 0. The van der Waals surface area contributed by atoms with Gasteiger partial charge >= 0.3 is 0 Å². The van der Waals surface area contributed by atoms with Crippen LogP contribution in [-0.2, 0) is 14.3 Å². The van der Waals surface area contributed by atoms with Crippen molar-refractivity contribution in [2.75, 3.05) is 39.4 Å². The Hall–Kier alpha value is -2.28. The monoisotopic (exact) mass is 346 g/mol. The molecule has 0 saturated carbocycles. The van der Waals surface area contributed by atoms with Gasteiger partial charge < -0.3 is 24.0 Å². The van der Waals surface area contributed by atoms with Crippen LogP contribution in [0.1, 0.15) is 12.8 Å². The predicted molar refractivity (Wildman–Crippen MR) is 88.5 cm³/mol. The van der Waals surface area contributed by atoms with Gasteiger partial charge in [-0.15, -0.1) is 0 Å². The molecule has 7 nitrogen and oxygen atoms in total. The van der Waals surface area contributed by atoms with Gasteiger partial charge in [-0.2, -0.15) is 0 Å². The molecule has 3 aliphatic heterocycles. The van der Waals surface area contributed by atoms with Crippen LogP contribution in [0, 0.1) is 0 Å². The summed E-state index contributed by atoms with van der Waals surface area (Å²) in [4.78, 5) is 28.6. The Balaban J connectivity index is 1.32. The number of para-hydroxylation sites is 2. The van der Waals surface area contributed by atoms with Crippen LogP contribution in [0.3, 0.4) is 0 Å². The molecule has 2 fully saturated rings. The van der Waals surface area contributed by atoms with Crippen molar-refractivity contribution < 1.29 is 23.8 Å². The summed E-state index contributed by atoms with van der Waals surface area (Å²) in [6, 6.07) is 7.34. The van der Waals surface area contributed by atoms with E-state index in [0.717, 1.165) is 12.8 Å². The Bertz CT molecular complexity index is 651. The van der Waals surface area contributed by atoms with E-state index >= 15 is 0 Å². The van der Waals surface area contributed by atoms with Crippen LogP contribution < -0.4 is 9.47 Å². The highest BCUT2D eigenvalue weighted by Gasteiger charge is 2.35. The van der Waals surface area contributed by atoms with Crippen molar-refractivity contribution in [1.82, 2.24) is 9.80 Å². The smallest absolute Gasteiger partial charge is 0.267 e. The normalized spacial score (nSPS) is 25.8.